The maximum Gasteiger partial charge on any atom is 0.229 e. The number of aromatic nitrogens is 1. The Morgan fingerprint density at radius 2 is 1.87 bits per heavy atom. The summed E-state index contributed by atoms with van der Waals surface area (Å²) in [6.45, 7) is 1.07. The molecule has 0 spiro atoms. The first-order valence-corrected chi connectivity index (χ1v) is 9.56. The average Bonchev–Trinajstić information content (AvgIpc) is 3.39. The van der Waals surface area contributed by atoms with Crippen LogP contribution in [0.4, 0.5) is 5.69 Å². The van der Waals surface area contributed by atoms with Gasteiger partial charge in [-0.2, -0.15) is 0 Å². The van der Waals surface area contributed by atoms with E-state index < -0.39 is 0 Å². The van der Waals surface area contributed by atoms with Crippen molar-refractivity contribution >= 4 is 41.5 Å². The van der Waals surface area contributed by atoms with Crippen molar-refractivity contribution in [3.05, 3.63) is 72.4 Å². The molecule has 1 aliphatic heterocycles. The predicted molar refractivity (Wildman–Crippen MR) is 128 cm³/mol. The predicted octanol–water partition coefficient (Wildman–Crippen LogP) is 3.43. The van der Waals surface area contributed by atoms with Crippen LogP contribution < -0.4 is 15.5 Å². The lowest BCUT2D eigenvalue weighted by molar-refractivity contribution is -0.117. The van der Waals surface area contributed by atoms with Gasteiger partial charge in [-0.1, -0.05) is 53.7 Å². The number of anilines is 1. The van der Waals surface area contributed by atoms with Crippen LogP contribution >= 0.6 is 24.0 Å². The number of hydrogen-bond acceptors (Lipinski definition) is 4. The molecule has 7 nitrogen and oxygen atoms in total. The van der Waals surface area contributed by atoms with E-state index in [0.717, 1.165) is 22.7 Å². The van der Waals surface area contributed by atoms with Gasteiger partial charge in [0.05, 0.1) is 12.6 Å². The highest BCUT2D eigenvalue weighted by Gasteiger charge is 2.31. The van der Waals surface area contributed by atoms with E-state index in [4.69, 9.17) is 4.52 Å². The van der Waals surface area contributed by atoms with E-state index >= 15 is 0 Å². The smallest absolute Gasteiger partial charge is 0.229 e. The molecule has 1 atom stereocenters. The van der Waals surface area contributed by atoms with Crippen molar-refractivity contribution in [3.63, 3.8) is 0 Å². The van der Waals surface area contributed by atoms with E-state index in [0.29, 0.717) is 25.5 Å². The molecule has 2 heterocycles. The zero-order chi connectivity index (χ0) is 20.1. The average molecular weight is 517 g/mol. The van der Waals surface area contributed by atoms with E-state index in [1.807, 2.05) is 66.7 Å². The number of carbonyl (C=O) groups is 1. The minimum Gasteiger partial charge on any atom is -0.356 e. The number of nitrogens with zero attached hydrogens (tertiary/aromatic N) is 3. The Hall–Kier alpha value is -2.88. The quantitative estimate of drug-likeness (QED) is 0.308. The van der Waals surface area contributed by atoms with Gasteiger partial charge in [-0.15, -0.1) is 24.0 Å². The zero-order valence-corrected chi connectivity index (χ0v) is 18.9. The van der Waals surface area contributed by atoms with Crippen molar-refractivity contribution in [2.45, 2.75) is 19.0 Å². The Kier molecular flexibility index (Phi) is 7.45. The molecule has 4 rings (SSSR count). The summed E-state index contributed by atoms with van der Waals surface area (Å²) >= 11 is 0. The molecular formula is C22H24IN5O2. The van der Waals surface area contributed by atoms with Crippen LogP contribution in [0.25, 0.3) is 11.3 Å². The minimum atomic E-state index is -0.00825. The van der Waals surface area contributed by atoms with Crippen LogP contribution in [0.3, 0.4) is 0 Å². The summed E-state index contributed by atoms with van der Waals surface area (Å²) in [5.41, 5.74) is 2.68. The summed E-state index contributed by atoms with van der Waals surface area (Å²) in [5, 5.41) is 10.7. The zero-order valence-electron chi connectivity index (χ0n) is 16.6. The van der Waals surface area contributed by atoms with Gasteiger partial charge in [-0.05, 0) is 12.1 Å². The van der Waals surface area contributed by atoms with Crippen molar-refractivity contribution in [2.75, 3.05) is 18.5 Å². The van der Waals surface area contributed by atoms with E-state index in [1.54, 1.807) is 11.9 Å². The summed E-state index contributed by atoms with van der Waals surface area (Å²) in [7, 11) is 1.71. The molecule has 0 bridgehead atoms. The maximum absolute atomic E-state index is 12.4. The first-order valence-electron chi connectivity index (χ1n) is 9.56. The molecule has 30 heavy (non-hydrogen) atoms. The fourth-order valence-electron chi connectivity index (χ4n) is 3.36. The van der Waals surface area contributed by atoms with Gasteiger partial charge >= 0.3 is 0 Å². The SMILES string of the molecule is CN=C(NCc1cc(-c2ccccc2)on1)NC1CC(=O)N(c2ccccc2)C1.I. The largest absolute Gasteiger partial charge is 0.356 e. The Morgan fingerprint density at radius 1 is 1.17 bits per heavy atom. The number of rotatable bonds is 5. The lowest BCUT2D eigenvalue weighted by Gasteiger charge is -2.18. The fourth-order valence-corrected chi connectivity index (χ4v) is 3.36. The number of amides is 1. The van der Waals surface area contributed by atoms with E-state index in [2.05, 4.69) is 20.8 Å². The number of benzene rings is 2. The van der Waals surface area contributed by atoms with Crippen LogP contribution in [0.2, 0.25) is 0 Å². The van der Waals surface area contributed by atoms with Gasteiger partial charge in [-0.3, -0.25) is 9.79 Å². The van der Waals surface area contributed by atoms with Gasteiger partial charge in [0.25, 0.3) is 0 Å². The van der Waals surface area contributed by atoms with Gasteiger partial charge in [0.15, 0.2) is 11.7 Å². The van der Waals surface area contributed by atoms with Gasteiger partial charge in [0, 0.05) is 37.3 Å². The van der Waals surface area contributed by atoms with Crippen molar-refractivity contribution in [2.24, 2.45) is 4.99 Å². The Bertz CT molecular complexity index is 991. The van der Waals surface area contributed by atoms with Gasteiger partial charge in [0.2, 0.25) is 5.91 Å². The van der Waals surface area contributed by atoms with Crippen LogP contribution in [-0.2, 0) is 11.3 Å². The fraction of sp³-hybridized carbons (Fsp3) is 0.227. The highest BCUT2D eigenvalue weighted by molar-refractivity contribution is 14.0. The molecule has 1 saturated heterocycles. The van der Waals surface area contributed by atoms with Crippen LogP contribution in [0.5, 0.6) is 0 Å². The maximum atomic E-state index is 12.4. The molecule has 156 valence electrons. The summed E-state index contributed by atoms with van der Waals surface area (Å²) in [5.74, 6) is 1.46. The molecule has 8 heteroatoms. The lowest BCUT2D eigenvalue weighted by atomic mass is 10.2. The Labute approximate surface area is 192 Å². The molecular weight excluding hydrogens is 493 g/mol. The first kappa shape index (κ1) is 21.8. The highest BCUT2D eigenvalue weighted by atomic mass is 127. The van der Waals surface area contributed by atoms with Crippen molar-refractivity contribution in [3.8, 4) is 11.3 Å². The summed E-state index contributed by atoms with van der Waals surface area (Å²) < 4.78 is 5.43. The normalized spacial score (nSPS) is 16.3. The van der Waals surface area contributed by atoms with Gasteiger partial charge < -0.3 is 20.1 Å². The lowest BCUT2D eigenvalue weighted by Crippen LogP contribution is -2.44. The molecule has 2 aromatic carbocycles. The standard InChI is InChI=1S/C22H23N5O2.HI/c1-23-22(24-14-17-12-20(29-26-17)16-8-4-2-5-9-16)25-18-13-21(28)27(15-18)19-10-6-3-7-11-19;/h2-12,18H,13-15H2,1H3,(H2,23,24,25);1H. The Balaban J connectivity index is 0.00000256. The molecule has 0 radical (unpaired) electrons. The molecule has 1 aromatic heterocycles. The number of aliphatic imine (C=N–C) groups is 1. The molecule has 2 N–H and O–H groups in total. The molecule has 3 aromatic rings. The van der Waals surface area contributed by atoms with E-state index in [9.17, 15) is 4.79 Å². The number of hydrogen-bond donors (Lipinski definition) is 2. The van der Waals surface area contributed by atoms with Crippen molar-refractivity contribution in [1.29, 1.82) is 0 Å². The second-order valence-electron chi connectivity index (χ2n) is 6.86. The van der Waals surface area contributed by atoms with Gasteiger partial charge in [0.1, 0.15) is 5.69 Å². The minimum absolute atomic E-state index is 0. The summed E-state index contributed by atoms with van der Waals surface area (Å²) in [6.07, 6.45) is 0.428. The number of carbonyl (C=O) groups excluding carboxylic acids is 1. The van der Waals surface area contributed by atoms with E-state index in [1.165, 1.54) is 0 Å². The summed E-state index contributed by atoms with van der Waals surface area (Å²) in [4.78, 5) is 18.4. The van der Waals surface area contributed by atoms with Crippen molar-refractivity contribution < 1.29 is 9.32 Å². The highest BCUT2D eigenvalue weighted by Crippen LogP contribution is 2.21. The van der Waals surface area contributed by atoms with E-state index in [-0.39, 0.29) is 35.9 Å². The van der Waals surface area contributed by atoms with Crippen LogP contribution in [0.15, 0.2) is 76.2 Å². The number of nitrogens with one attached hydrogen (secondary N) is 2. The molecule has 1 fully saturated rings. The third-order valence-electron chi connectivity index (χ3n) is 4.81. The number of halogens is 1. The van der Waals surface area contributed by atoms with Crippen molar-refractivity contribution in [1.82, 2.24) is 15.8 Å². The summed E-state index contributed by atoms with van der Waals surface area (Å²) in [6, 6.07) is 21.5. The van der Waals surface area contributed by atoms with Crippen LogP contribution in [0.1, 0.15) is 12.1 Å². The first-order chi connectivity index (χ1) is 14.2. The molecule has 0 saturated carbocycles. The molecule has 1 unspecified atom stereocenters. The molecule has 1 amide bonds. The Morgan fingerprint density at radius 3 is 2.57 bits per heavy atom. The number of para-hydroxylation sites is 1. The monoisotopic (exact) mass is 517 g/mol. The molecule has 1 aliphatic rings. The van der Waals surface area contributed by atoms with Gasteiger partial charge in [-0.25, -0.2) is 0 Å². The third kappa shape index (κ3) is 5.18. The van der Waals surface area contributed by atoms with Crippen LogP contribution in [-0.4, -0.2) is 36.7 Å². The topological polar surface area (TPSA) is 82.8 Å². The second-order valence-corrected chi connectivity index (χ2v) is 6.86. The molecule has 0 aliphatic carbocycles. The third-order valence-corrected chi connectivity index (χ3v) is 4.81. The van der Waals surface area contributed by atoms with Crippen LogP contribution in [0, 0.1) is 0 Å². The number of guanidine groups is 1. The second kappa shape index (κ2) is 10.2.